The highest BCUT2D eigenvalue weighted by molar-refractivity contribution is 8.13. The number of carbonyl (C=O) groups is 6. The molecular formula is C56H63F2N6O10PS2. The highest BCUT2D eigenvalue weighted by atomic mass is 32.2. The van der Waals surface area contributed by atoms with Gasteiger partial charge in [0.05, 0.1) is 37.1 Å². The summed E-state index contributed by atoms with van der Waals surface area (Å²) >= 11 is 1.75. The first-order valence-corrected chi connectivity index (χ1v) is 29.4. The second-order valence-corrected chi connectivity index (χ2v) is 25.1. The van der Waals surface area contributed by atoms with Crippen LogP contribution in [0.1, 0.15) is 103 Å². The van der Waals surface area contributed by atoms with E-state index in [-0.39, 0.29) is 101 Å². The van der Waals surface area contributed by atoms with Crippen LogP contribution < -0.4 is 5.32 Å². The number of alkyl halides is 2. The molecule has 408 valence electrons. The molecule has 21 heteroatoms. The number of hydrogen-bond donors (Lipinski definition) is 1. The Bertz CT molecular complexity index is 3080. The first kappa shape index (κ1) is 57.2. The van der Waals surface area contributed by atoms with Gasteiger partial charge in [-0.1, -0.05) is 117 Å². The molecule has 0 unspecified atom stereocenters. The monoisotopic (exact) mass is 1110 g/mol. The molecule has 0 bridgehead atoms. The second-order valence-electron chi connectivity index (χ2n) is 20.7. The zero-order valence-corrected chi connectivity index (χ0v) is 46.2. The fourth-order valence-corrected chi connectivity index (χ4v) is 13.7. The average Bonchev–Trinajstić information content (AvgIpc) is 4.17. The molecule has 16 nitrogen and oxygen atoms in total. The van der Waals surface area contributed by atoms with Gasteiger partial charge in [-0.25, -0.2) is 0 Å². The lowest BCUT2D eigenvalue weighted by atomic mass is 9.90. The highest BCUT2D eigenvalue weighted by Crippen LogP contribution is 2.67. The van der Waals surface area contributed by atoms with Gasteiger partial charge in [-0.2, -0.15) is 14.0 Å². The molecule has 1 N–H and O–H groups in total. The fourth-order valence-electron chi connectivity index (χ4n) is 10.2. The van der Waals surface area contributed by atoms with Gasteiger partial charge in [-0.3, -0.25) is 33.3 Å². The Morgan fingerprint density at radius 3 is 2.18 bits per heavy atom. The van der Waals surface area contributed by atoms with Crippen molar-refractivity contribution in [3.63, 3.8) is 0 Å². The summed E-state index contributed by atoms with van der Waals surface area (Å²) in [7, 11) is -5.35. The summed E-state index contributed by atoms with van der Waals surface area (Å²) in [5.41, 5.74) is -2.83. The maximum Gasteiger partial charge on any atom is 0.404 e. The van der Waals surface area contributed by atoms with Crippen molar-refractivity contribution in [1.29, 1.82) is 5.26 Å². The lowest BCUT2D eigenvalue weighted by Crippen LogP contribution is -2.61. The summed E-state index contributed by atoms with van der Waals surface area (Å²) in [6, 6.07) is 22.2. The molecule has 4 heterocycles. The first-order chi connectivity index (χ1) is 36.8. The maximum absolute atomic E-state index is 16.8. The van der Waals surface area contributed by atoms with E-state index in [9.17, 15) is 33.8 Å². The molecule has 8 rings (SSSR count). The normalized spacial score (nSPS) is 20.1. The van der Waals surface area contributed by atoms with E-state index < -0.39 is 73.8 Å². The van der Waals surface area contributed by atoms with Gasteiger partial charge < -0.3 is 33.6 Å². The highest BCUT2D eigenvalue weighted by Gasteiger charge is 2.55. The molecule has 1 aromatic heterocycles. The first-order valence-electron chi connectivity index (χ1n) is 25.9. The maximum atomic E-state index is 16.8. The minimum absolute atomic E-state index is 0.0286. The predicted molar refractivity (Wildman–Crippen MR) is 290 cm³/mol. The number of benzene rings is 4. The minimum atomic E-state index is -5.35. The molecule has 0 radical (unpaired) electrons. The lowest BCUT2D eigenvalue weighted by molar-refractivity contribution is -0.147. The minimum Gasteiger partial charge on any atom is -0.355 e. The second kappa shape index (κ2) is 24.8. The SMILES string of the molecule is Cc1ccc2onc(C(=O)N3CC[C@H]4CC[C@@H](C(=O)N5C[C@H](c6ccccc6)[C@@H](C#N)C5)N4C(=O)[C@@H](NC(=O)c4ccc5ccc(C(F)(F)P(=O)(OCCSC(=O)CC(C)C)OCCSC(=O)CC(C)C)cc5c4)C3)c2c1. The van der Waals surface area contributed by atoms with Crippen molar-refractivity contribution in [3.05, 3.63) is 113 Å². The molecule has 3 aliphatic heterocycles. The van der Waals surface area contributed by atoms with Crippen molar-refractivity contribution in [2.45, 2.75) is 96.4 Å². The van der Waals surface area contributed by atoms with Crippen LogP contribution >= 0.6 is 31.1 Å². The quantitative estimate of drug-likeness (QED) is 0.0603. The van der Waals surface area contributed by atoms with E-state index >= 15 is 13.6 Å². The number of aryl methyl sites for hydroxylation is 1. The number of amides is 4. The Morgan fingerprint density at radius 2 is 1.52 bits per heavy atom. The number of nitrogens with zero attached hydrogens (tertiary/aromatic N) is 5. The molecule has 0 saturated carbocycles. The number of aromatic nitrogens is 1. The predicted octanol–water partition coefficient (Wildman–Crippen LogP) is 9.95. The molecule has 0 aliphatic carbocycles. The summed E-state index contributed by atoms with van der Waals surface area (Å²) in [6.45, 7) is 8.60. The zero-order valence-electron chi connectivity index (χ0n) is 43.7. The van der Waals surface area contributed by atoms with E-state index in [1.165, 1.54) is 34.1 Å². The van der Waals surface area contributed by atoms with Crippen molar-refractivity contribution in [1.82, 2.24) is 25.2 Å². The molecule has 5 atom stereocenters. The number of fused-ring (bicyclic) bond motifs is 3. The molecule has 5 aromatic rings. The van der Waals surface area contributed by atoms with E-state index in [2.05, 4.69) is 16.5 Å². The Kier molecular flexibility index (Phi) is 18.4. The van der Waals surface area contributed by atoms with Crippen LogP contribution in [0.2, 0.25) is 0 Å². The van der Waals surface area contributed by atoms with Crippen molar-refractivity contribution in [3.8, 4) is 6.07 Å². The average molecular weight is 1110 g/mol. The fraction of sp³-hybridized carbons (Fsp3) is 0.464. The van der Waals surface area contributed by atoms with Gasteiger partial charge >= 0.3 is 13.3 Å². The van der Waals surface area contributed by atoms with Crippen LogP contribution in [0.15, 0.2) is 89.5 Å². The van der Waals surface area contributed by atoms with E-state index in [4.69, 9.17) is 13.6 Å². The van der Waals surface area contributed by atoms with Gasteiger partial charge in [-0.15, -0.1) is 0 Å². The van der Waals surface area contributed by atoms with Crippen molar-refractivity contribution in [2.75, 3.05) is 50.9 Å². The third-order valence-corrected chi connectivity index (χ3v) is 17.8. The number of likely N-dealkylation sites (tertiary alicyclic amines) is 1. The van der Waals surface area contributed by atoms with Crippen LogP contribution in [0.5, 0.6) is 0 Å². The summed E-state index contributed by atoms with van der Waals surface area (Å²) in [6.07, 6.45) is 1.58. The number of thioether (sulfide) groups is 2. The van der Waals surface area contributed by atoms with Crippen molar-refractivity contribution < 1.29 is 55.7 Å². The van der Waals surface area contributed by atoms with Crippen molar-refractivity contribution in [2.24, 2.45) is 17.8 Å². The van der Waals surface area contributed by atoms with Crippen LogP contribution in [0, 0.1) is 36.0 Å². The summed E-state index contributed by atoms with van der Waals surface area (Å²) < 4.78 is 64.2. The third-order valence-electron chi connectivity index (χ3n) is 14.1. The number of halogens is 2. The van der Waals surface area contributed by atoms with Gasteiger partial charge in [-0.05, 0) is 84.7 Å². The van der Waals surface area contributed by atoms with E-state index in [1.807, 2.05) is 71.0 Å². The van der Waals surface area contributed by atoms with Crippen LogP contribution in [0.3, 0.4) is 0 Å². The molecule has 4 aromatic carbocycles. The van der Waals surface area contributed by atoms with Gasteiger partial charge in [0.25, 0.3) is 11.8 Å². The molecule has 0 spiro atoms. The van der Waals surface area contributed by atoms with Gasteiger partial charge in [0.1, 0.15) is 12.1 Å². The smallest absolute Gasteiger partial charge is 0.355 e. The summed E-state index contributed by atoms with van der Waals surface area (Å²) in [5, 5.41) is 17.8. The molecule has 3 saturated heterocycles. The Labute approximate surface area is 454 Å². The lowest BCUT2D eigenvalue weighted by Gasteiger charge is -2.39. The molecule has 77 heavy (non-hydrogen) atoms. The number of carbonyl (C=O) groups excluding carboxylic acids is 6. The van der Waals surface area contributed by atoms with E-state index in [1.54, 1.807) is 17.0 Å². The van der Waals surface area contributed by atoms with Gasteiger partial charge in [0.2, 0.25) is 11.8 Å². The van der Waals surface area contributed by atoms with Crippen LogP contribution in [0.4, 0.5) is 8.78 Å². The zero-order chi connectivity index (χ0) is 55.2. The standard InChI is InChI=1S/C56H63F2N6O10PS2/c1-34(2)25-49(65)76-23-21-72-75(71,73-22-24-77-50(66)26-35(3)4)56(57,58)42-15-14-37-12-13-39(28-40(37)29-42)52(67)60-46-33-62(55(70)51-44-27-36(5)11-18-48(44)74-61-51)20-19-43-16-17-47(64(43)53(46)68)54(69)63-31-41(30-59)45(32-63)38-9-7-6-8-10-38/h6-15,18,27-29,34-35,41,43,45-47H,16-17,19-26,31-33H2,1-5H3,(H,60,67)/t41-,43+,45+,46-,47-/m0/s1. The summed E-state index contributed by atoms with van der Waals surface area (Å²) in [5.74, 6) is -2.91. The molecule has 3 fully saturated rings. The van der Waals surface area contributed by atoms with Crippen molar-refractivity contribution >= 4 is 86.7 Å². The van der Waals surface area contributed by atoms with Crippen LogP contribution in [0.25, 0.3) is 21.7 Å². The van der Waals surface area contributed by atoms with Gasteiger partial charge in [0, 0.05) is 67.1 Å². The van der Waals surface area contributed by atoms with Crippen LogP contribution in [-0.4, -0.2) is 123 Å². The molecule has 4 amide bonds. The van der Waals surface area contributed by atoms with Crippen LogP contribution in [-0.2, 0) is 38.5 Å². The topological polar surface area (TPSA) is 210 Å². The number of nitrogens with one attached hydrogen (secondary N) is 1. The molecular weight excluding hydrogens is 1050 g/mol. The largest absolute Gasteiger partial charge is 0.404 e. The Hall–Kier alpha value is -5.97. The third kappa shape index (κ3) is 13.1. The molecule has 3 aliphatic rings. The number of hydrogen-bond acceptors (Lipinski definition) is 14. The number of rotatable bonds is 19. The van der Waals surface area contributed by atoms with E-state index in [0.29, 0.717) is 35.6 Å². The summed E-state index contributed by atoms with van der Waals surface area (Å²) in [4.78, 5) is 88.0. The Morgan fingerprint density at radius 1 is 0.844 bits per heavy atom. The Balaban J connectivity index is 1.06. The number of nitriles is 1. The van der Waals surface area contributed by atoms with Gasteiger partial charge in [0.15, 0.2) is 21.5 Å². The van der Waals surface area contributed by atoms with E-state index in [0.717, 1.165) is 46.8 Å².